The minimum Gasteiger partial charge on any atom is -0.365 e. The summed E-state index contributed by atoms with van der Waals surface area (Å²) < 4.78 is 5.91. The summed E-state index contributed by atoms with van der Waals surface area (Å²) in [7, 11) is 0. The van der Waals surface area contributed by atoms with E-state index in [0.717, 1.165) is 11.1 Å². The van der Waals surface area contributed by atoms with E-state index >= 15 is 0 Å². The number of likely N-dealkylation sites (tertiary alicyclic amines) is 1. The Morgan fingerprint density at radius 1 is 1.31 bits per heavy atom. The lowest BCUT2D eigenvalue weighted by molar-refractivity contribution is -0.152. The number of benzene rings is 1. The normalized spacial score (nSPS) is 23.6. The van der Waals surface area contributed by atoms with Crippen LogP contribution in [0.25, 0.3) is 10.9 Å². The van der Waals surface area contributed by atoms with Crippen LogP contribution in [0, 0.1) is 11.3 Å². The zero-order chi connectivity index (χ0) is 18.3. The van der Waals surface area contributed by atoms with Crippen LogP contribution in [0.3, 0.4) is 0 Å². The number of anilines is 1. The van der Waals surface area contributed by atoms with Gasteiger partial charge in [0.25, 0.3) is 5.91 Å². The van der Waals surface area contributed by atoms with Crippen molar-refractivity contribution in [1.82, 2.24) is 9.88 Å². The average Bonchev–Trinajstić information content (AvgIpc) is 2.63. The quantitative estimate of drug-likeness (QED) is 0.863. The van der Waals surface area contributed by atoms with Crippen LogP contribution >= 0.6 is 0 Å². The minimum absolute atomic E-state index is 0.000624. The van der Waals surface area contributed by atoms with Crippen LogP contribution in [-0.4, -0.2) is 60.2 Å². The lowest BCUT2D eigenvalue weighted by atomic mass is 10.0. The number of amides is 1. The predicted molar refractivity (Wildman–Crippen MR) is 97.6 cm³/mol. The highest BCUT2D eigenvalue weighted by atomic mass is 16.5. The molecule has 2 aliphatic heterocycles. The Hall–Kier alpha value is -2.69. The summed E-state index contributed by atoms with van der Waals surface area (Å²) in [6, 6.07) is 9.81. The number of pyridine rings is 1. The van der Waals surface area contributed by atoms with E-state index in [1.165, 1.54) is 0 Å². The second-order valence-electron chi connectivity index (χ2n) is 6.99. The molecule has 1 amide bonds. The van der Waals surface area contributed by atoms with Gasteiger partial charge in [-0.3, -0.25) is 9.78 Å². The van der Waals surface area contributed by atoms with Crippen LogP contribution in [-0.2, 0) is 9.53 Å². The highest BCUT2D eigenvalue weighted by Gasteiger charge is 2.37. The van der Waals surface area contributed by atoms with Crippen LogP contribution in [0.1, 0.15) is 12.5 Å². The van der Waals surface area contributed by atoms with Gasteiger partial charge >= 0.3 is 0 Å². The first-order valence-electron chi connectivity index (χ1n) is 8.79. The molecule has 0 radical (unpaired) electrons. The van der Waals surface area contributed by atoms with Crippen molar-refractivity contribution in [3.05, 3.63) is 36.0 Å². The second kappa shape index (κ2) is 6.56. The Labute approximate surface area is 151 Å². The molecule has 2 fully saturated rings. The zero-order valence-corrected chi connectivity index (χ0v) is 14.6. The van der Waals surface area contributed by atoms with E-state index in [1.54, 1.807) is 17.2 Å². The molecule has 1 aromatic heterocycles. The first-order valence-corrected chi connectivity index (χ1v) is 8.79. The molecular weight excluding hydrogens is 330 g/mol. The molecular formula is C19H21N5O2. The van der Waals surface area contributed by atoms with Gasteiger partial charge in [0.05, 0.1) is 23.7 Å². The molecule has 2 N–H and O–H groups in total. The first-order chi connectivity index (χ1) is 12.6. The Kier molecular flexibility index (Phi) is 4.23. The van der Waals surface area contributed by atoms with Gasteiger partial charge in [0.2, 0.25) is 0 Å². The molecule has 26 heavy (non-hydrogen) atoms. The van der Waals surface area contributed by atoms with E-state index in [9.17, 15) is 10.1 Å². The highest BCUT2D eigenvalue weighted by molar-refractivity contribution is 5.95. The number of nitrogens with two attached hydrogens (primary N) is 1. The van der Waals surface area contributed by atoms with Gasteiger partial charge in [0.15, 0.2) is 6.10 Å². The standard InChI is InChI=1S/C19H21N5O2/c1-12-8-23(11-17(26-12)19(25)24-9-14(21)10-24)16-5-4-13(7-20)18-15(16)3-2-6-22-18/h2-6,12,14,17H,8-11,21H2,1H3/t12-,17-/m1/s1. The molecule has 0 bridgehead atoms. The third-order valence-electron chi connectivity index (χ3n) is 4.96. The van der Waals surface area contributed by atoms with Gasteiger partial charge in [-0.05, 0) is 31.2 Å². The lowest BCUT2D eigenvalue weighted by Crippen LogP contribution is -2.63. The monoisotopic (exact) mass is 351 g/mol. The van der Waals surface area contributed by atoms with E-state index in [1.807, 2.05) is 25.1 Å². The van der Waals surface area contributed by atoms with Crippen LogP contribution < -0.4 is 10.6 Å². The van der Waals surface area contributed by atoms with Crippen LogP contribution in [0.15, 0.2) is 30.5 Å². The molecule has 1 aromatic carbocycles. The van der Waals surface area contributed by atoms with E-state index < -0.39 is 6.10 Å². The van der Waals surface area contributed by atoms with E-state index in [4.69, 9.17) is 10.5 Å². The first kappa shape index (κ1) is 16.8. The topological polar surface area (TPSA) is 95.5 Å². The molecule has 0 aliphatic carbocycles. The molecule has 0 unspecified atom stereocenters. The third kappa shape index (κ3) is 2.87. The molecule has 7 heteroatoms. The Bertz CT molecular complexity index is 887. The van der Waals surface area contributed by atoms with Crippen molar-refractivity contribution in [2.45, 2.75) is 25.2 Å². The van der Waals surface area contributed by atoms with Crippen LogP contribution in [0.2, 0.25) is 0 Å². The highest BCUT2D eigenvalue weighted by Crippen LogP contribution is 2.30. The van der Waals surface area contributed by atoms with Crippen molar-refractivity contribution in [2.24, 2.45) is 5.73 Å². The van der Waals surface area contributed by atoms with Crippen molar-refractivity contribution in [3.63, 3.8) is 0 Å². The number of carbonyl (C=O) groups is 1. The molecule has 0 spiro atoms. The lowest BCUT2D eigenvalue weighted by Gasteiger charge is -2.43. The number of rotatable bonds is 2. The van der Waals surface area contributed by atoms with Gasteiger partial charge < -0.3 is 20.3 Å². The maximum Gasteiger partial charge on any atom is 0.253 e. The van der Waals surface area contributed by atoms with Crippen molar-refractivity contribution < 1.29 is 9.53 Å². The molecule has 2 atom stereocenters. The molecule has 2 aromatic rings. The Morgan fingerprint density at radius 2 is 2.12 bits per heavy atom. The van der Waals surface area contributed by atoms with Gasteiger partial charge in [-0.2, -0.15) is 5.26 Å². The van der Waals surface area contributed by atoms with Crippen LogP contribution in [0.4, 0.5) is 5.69 Å². The van der Waals surface area contributed by atoms with E-state index in [0.29, 0.717) is 37.3 Å². The SMILES string of the molecule is C[C@@H]1CN(c2ccc(C#N)c3ncccc23)C[C@H](C(=O)N2CC(N)C2)O1. The van der Waals surface area contributed by atoms with Crippen molar-refractivity contribution >= 4 is 22.5 Å². The number of aromatic nitrogens is 1. The van der Waals surface area contributed by atoms with Crippen molar-refractivity contribution in [3.8, 4) is 6.07 Å². The largest absolute Gasteiger partial charge is 0.365 e. The van der Waals surface area contributed by atoms with Crippen molar-refractivity contribution in [1.29, 1.82) is 5.26 Å². The summed E-state index contributed by atoms with van der Waals surface area (Å²) in [6.45, 7) is 4.32. The third-order valence-corrected chi connectivity index (χ3v) is 4.96. The van der Waals surface area contributed by atoms with E-state index in [2.05, 4.69) is 16.0 Å². The van der Waals surface area contributed by atoms with Gasteiger partial charge in [-0.15, -0.1) is 0 Å². The Morgan fingerprint density at radius 3 is 2.85 bits per heavy atom. The maximum absolute atomic E-state index is 12.7. The second-order valence-corrected chi connectivity index (χ2v) is 6.99. The summed E-state index contributed by atoms with van der Waals surface area (Å²) in [5, 5.41) is 10.2. The number of carbonyl (C=O) groups excluding carboxylic acids is 1. The molecule has 2 aliphatic rings. The van der Waals surface area contributed by atoms with Gasteiger partial charge in [0, 0.05) is 42.9 Å². The summed E-state index contributed by atoms with van der Waals surface area (Å²) in [5.41, 5.74) is 8.00. The number of nitrogens with zero attached hydrogens (tertiary/aromatic N) is 4. The number of fused-ring (bicyclic) bond motifs is 1. The number of hydrogen-bond donors (Lipinski definition) is 1. The number of ether oxygens (including phenoxy) is 1. The van der Waals surface area contributed by atoms with Gasteiger partial charge in [-0.1, -0.05) is 0 Å². The number of hydrogen-bond acceptors (Lipinski definition) is 6. The smallest absolute Gasteiger partial charge is 0.253 e. The molecule has 0 saturated carbocycles. The number of morpholine rings is 1. The maximum atomic E-state index is 12.7. The van der Waals surface area contributed by atoms with E-state index in [-0.39, 0.29) is 18.1 Å². The fourth-order valence-corrected chi connectivity index (χ4v) is 3.70. The zero-order valence-electron chi connectivity index (χ0n) is 14.6. The summed E-state index contributed by atoms with van der Waals surface area (Å²) in [5.74, 6) is -0.000624. The van der Waals surface area contributed by atoms with Gasteiger partial charge in [0.1, 0.15) is 6.07 Å². The number of nitriles is 1. The molecule has 3 heterocycles. The molecule has 7 nitrogen and oxygen atoms in total. The molecule has 134 valence electrons. The van der Waals surface area contributed by atoms with Crippen LogP contribution in [0.5, 0.6) is 0 Å². The average molecular weight is 351 g/mol. The minimum atomic E-state index is -0.506. The Balaban J connectivity index is 1.64. The fourth-order valence-electron chi connectivity index (χ4n) is 3.70. The summed E-state index contributed by atoms with van der Waals surface area (Å²) in [6.07, 6.45) is 1.11. The summed E-state index contributed by atoms with van der Waals surface area (Å²) in [4.78, 5) is 21.0. The summed E-state index contributed by atoms with van der Waals surface area (Å²) >= 11 is 0. The predicted octanol–water partition coefficient (Wildman–Crippen LogP) is 0.870. The van der Waals surface area contributed by atoms with Gasteiger partial charge in [-0.25, -0.2) is 0 Å². The molecule has 2 saturated heterocycles. The van der Waals surface area contributed by atoms with Crippen molar-refractivity contribution in [2.75, 3.05) is 31.1 Å². The molecule has 4 rings (SSSR count). The fraction of sp³-hybridized carbons (Fsp3) is 0.421.